The number of nitrogens with zero attached hydrogens (tertiary/aromatic N) is 3. The molecular weight excluding hydrogens is 254 g/mol. The largest absolute Gasteiger partial charge is 0.493 e. The molecule has 3 rings (SSSR count). The predicted molar refractivity (Wildman–Crippen MR) is 76.7 cm³/mol. The van der Waals surface area contributed by atoms with E-state index in [1.807, 2.05) is 37.4 Å². The molecule has 0 atom stereocenters. The van der Waals surface area contributed by atoms with Gasteiger partial charge in [0.2, 0.25) is 0 Å². The zero-order valence-electron chi connectivity index (χ0n) is 11.6. The van der Waals surface area contributed by atoms with Gasteiger partial charge < -0.3 is 9.47 Å². The number of ether oxygens (including phenoxy) is 2. The van der Waals surface area contributed by atoms with Gasteiger partial charge >= 0.3 is 0 Å². The molecule has 0 fully saturated rings. The summed E-state index contributed by atoms with van der Waals surface area (Å²) in [7, 11) is 3.25. The lowest BCUT2D eigenvalue weighted by atomic mass is 10.1. The van der Waals surface area contributed by atoms with Crippen LogP contribution < -0.4 is 9.47 Å². The van der Waals surface area contributed by atoms with Gasteiger partial charge in [0.1, 0.15) is 0 Å². The fourth-order valence-electron chi connectivity index (χ4n) is 2.20. The Morgan fingerprint density at radius 1 is 1.05 bits per heavy atom. The molecule has 3 aromatic rings. The van der Waals surface area contributed by atoms with Gasteiger partial charge in [-0.3, -0.25) is 0 Å². The second kappa shape index (κ2) is 4.85. The second-order valence-corrected chi connectivity index (χ2v) is 4.46. The van der Waals surface area contributed by atoms with Crippen LogP contribution in [0.15, 0.2) is 36.7 Å². The molecule has 0 saturated heterocycles. The minimum Gasteiger partial charge on any atom is -0.493 e. The zero-order valence-corrected chi connectivity index (χ0v) is 11.6. The number of fused-ring (bicyclic) bond motifs is 1. The summed E-state index contributed by atoms with van der Waals surface area (Å²) in [5.41, 5.74) is 0.948. The first-order valence-corrected chi connectivity index (χ1v) is 6.26. The minimum atomic E-state index is 0.679. The first kappa shape index (κ1) is 12.5. The van der Waals surface area contributed by atoms with Crippen LogP contribution in [0.1, 0.15) is 5.69 Å². The Labute approximate surface area is 116 Å². The molecule has 0 aliphatic heterocycles. The topological polar surface area (TPSA) is 49.2 Å². The van der Waals surface area contributed by atoms with E-state index >= 15 is 0 Å². The van der Waals surface area contributed by atoms with E-state index in [0.717, 1.165) is 22.3 Å². The number of methoxy groups -OCH3 is 2. The van der Waals surface area contributed by atoms with Crippen LogP contribution in [-0.2, 0) is 0 Å². The number of benzene rings is 1. The zero-order chi connectivity index (χ0) is 14.1. The average Bonchev–Trinajstić information content (AvgIpc) is 2.91. The van der Waals surface area contributed by atoms with Gasteiger partial charge in [-0.2, -0.15) is 5.10 Å². The van der Waals surface area contributed by atoms with Crippen LogP contribution in [0.3, 0.4) is 0 Å². The van der Waals surface area contributed by atoms with E-state index in [9.17, 15) is 0 Å². The Bertz CT molecular complexity index is 765. The quantitative estimate of drug-likeness (QED) is 0.733. The van der Waals surface area contributed by atoms with E-state index in [0.29, 0.717) is 11.5 Å². The number of pyridine rings is 1. The monoisotopic (exact) mass is 269 g/mol. The highest BCUT2D eigenvalue weighted by Crippen LogP contribution is 2.33. The SMILES string of the molecule is COc1cc2ccnc(-n3ccc(C)n3)c2cc1OC. The Balaban J connectivity index is 2.28. The van der Waals surface area contributed by atoms with Gasteiger partial charge in [-0.1, -0.05) is 0 Å². The van der Waals surface area contributed by atoms with Crippen molar-refractivity contribution in [1.29, 1.82) is 0 Å². The molecule has 102 valence electrons. The van der Waals surface area contributed by atoms with Crippen molar-refractivity contribution in [2.75, 3.05) is 14.2 Å². The molecule has 0 radical (unpaired) electrons. The van der Waals surface area contributed by atoms with Crippen LogP contribution in [0.4, 0.5) is 0 Å². The Hall–Kier alpha value is -2.56. The highest BCUT2D eigenvalue weighted by molar-refractivity contribution is 5.91. The van der Waals surface area contributed by atoms with Crippen LogP contribution in [0, 0.1) is 6.92 Å². The molecule has 5 nitrogen and oxygen atoms in total. The van der Waals surface area contributed by atoms with Gasteiger partial charge in [-0.15, -0.1) is 0 Å². The molecule has 0 spiro atoms. The lowest BCUT2D eigenvalue weighted by molar-refractivity contribution is 0.356. The standard InChI is InChI=1S/C15H15N3O2/c1-10-5-7-18(17-10)15-12-9-14(20-3)13(19-2)8-11(12)4-6-16-15/h4-9H,1-3H3. The highest BCUT2D eigenvalue weighted by atomic mass is 16.5. The van der Waals surface area contributed by atoms with Crippen molar-refractivity contribution in [2.24, 2.45) is 0 Å². The number of aromatic nitrogens is 3. The summed E-state index contributed by atoms with van der Waals surface area (Å²) in [5.74, 6) is 2.16. The highest BCUT2D eigenvalue weighted by Gasteiger charge is 2.11. The van der Waals surface area contributed by atoms with Crippen LogP contribution in [0.25, 0.3) is 16.6 Å². The second-order valence-electron chi connectivity index (χ2n) is 4.46. The molecule has 0 aliphatic carbocycles. The van der Waals surface area contributed by atoms with E-state index in [2.05, 4.69) is 10.1 Å². The summed E-state index contributed by atoms with van der Waals surface area (Å²) < 4.78 is 12.5. The van der Waals surface area contributed by atoms with Gasteiger partial charge in [0.25, 0.3) is 0 Å². The molecule has 1 aromatic carbocycles. The van der Waals surface area contributed by atoms with Gasteiger partial charge in [-0.25, -0.2) is 9.67 Å². The molecule has 0 aliphatic rings. The third-order valence-electron chi connectivity index (χ3n) is 3.19. The van der Waals surface area contributed by atoms with Gasteiger partial charge in [0.05, 0.1) is 19.9 Å². The van der Waals surface area contributed by atoms with Crippen molar-refractivity contribution >= 4 is 10.8 Å². The van der Waals surface area contributed by atoms with Crippen molar-refractivity contribution in [3.8, 4) is 17.3 Å². The fraction of sp³-hybridized carbons (Fsp3) is 0.200. The summed E-state index contributed by atoms with van der Waals surface area (Å²) in [6.07, 6.45) is 3.66. The van der Waals surface area contributed by atoms with Crippen LogP contribution in [0.5, 0.6) is 11.5 Å². The number of hydrogen-bond acceptors (Lipinski definition) is 4. The molecule has 2 heterocycles. The van der Waals surface area contributed by atoms with E-state index < -0.39 is 0 Å². The number of aryl methyl sites for hydroxylation is 1. The molecule has 0 amide bonds. The lowest BCUT2D eigenvalue weighted by Gasteiger charge is -2.11. The molecule has 20 heavy (non-hydrogen) atoms. The van der Waals surface area contributed by atoms with Crippen LogP contribution in [0.2, 0.25) is 0 Å². The van der Waals surface area contributed by atoms with E-state index in [-0.39, 0.29) is 0 Å². The minimum absolute atomic E-state index is 0.679. The molecule has 0 N–H and O–H groups in total. The van der Waals surface area contributed by atoms with Crippen molar-refractivity contribution in [3.63, 3.8) is 0 Å². The third-order valence-corrected chi connectivity index (χ3v) is 3.19. The molecular formula is C15H15N3O2. The van der Waals surface area contributed by atoms with E-state index in [4.69, 9.17) is 9.47 Å². The van der Waals surface area contributed by atoms with Gasteiger partial charge in [0.15, 0.2) is 17.3 Å². The first-order chi connectivity index (χ1) is 9.72. The third kappa shape index (κ3) is 1.97. The van der Waals surface area contributed by atoms with E-state index in [1.165, 1.54) is 0 Å². The summed E-state index contributed by atoms with van der Waals surface area (Å²) in [5, 5.41) is 6.41. The van der Waals surface area contributed by atoms with Crippen molar-refractivity contribution in [1.82, 2.24) is 14.8 Å². The van der Waals surface area contributed by atoms with Gasteiger partial charge in [-0.05, 0) is 36.6 Å². The molecule has 0 unspecified atom stereocenters. The van der Waals surface area contributed by atoms with Crippen molar-refractivity contribution in [2.45, 2.75) is 6.92 Å². The number of rotatable bonds is 3. The average molecular weight is 269 g/mol. The molecule has 0 bridgehead atoms. The van der Waals surface area contributed by atoms with E-state index in [1.54, 1.807) is 25.1 Å². The first-order valence-electron chi connectivity index (χ1n) is 6.26. The smallest absolute Gasteiger partial charge is 0.161 e. The summed E-state index contributed by atoms with van der Waals surface area (Å²) in [6.45, 7) is 1.95. The maximum absolute atomic E-state index is 5.36. The van der Waals surface area contributed by atoms with Crippen LogP contribution in [-0.4, -0.2) is 29.0 Å². The maximum Gasteiger partial charge on any atom is 0.161 e. The number of hydrogen-bond donors (Lipinski definition) is 0. The molecule has 2 aromatic heterocycles. The molecule has 0 saturated carbocycles. The maximum atomic E-state index is 5.36. The van der Waals surface area contributed by atoms with Crippen molar-refractivity contribution in [3.05, 3.63) is 42.4 Å². The summed E-state index contributed by atoms with van der Waals surface area (Å²) in [4.78, 5) is 4.43. The lowest BCUT2D eigenvalue weighted by Crippen LogP contribution is -2.00. The summed E-state index contributed by atoms with van der Waals surface area (Å²) in [6, 6.07) is 7.75. The Kier molecular flexibility index (Phi) is 3.02. The predicted octanol–water partition coefficient (Wildman–Crippen LogP) is 2.75. The molecule has 5 heteroatoms. The Morgan fingerprint density at radius 3 is 2.45 bits per heavy atom. The fourth-order valence-corrected chi connectivity index (χ4v) is 2.20. The van der Waals surface area contributed by atoms with Crippen LogP contribution >= 0.6 is 0 Å². The Morgan fingerprint density at radius 2 is 1.80 bits per heavy atom. The summed E-state index contributed by atoms with van der Waals surface area (Å²) >= 11 is 0. The normalized spacial score (nSPS) is 10.8. The van der Waals surface area contributed by atoms with Crippen molar-refractivity contribution < 1.29 is 9.47 Å². The van der Waals surface area contributed by atoms with Gasteiger partial charge in [0, 0.05) is 17.8 Å².